The Hall–Kier alpha value is -4.51. The van der Waals surface area contributed by atoms with Crippen LogP contribution in [0.4, 0.5) is 33.3 Å². The molecule has 0 fully saturated rings. The van der Waals surface area contributed by atoms with Gasteiger partial charge >= 0.3 is 0 Å². The molecule has 5 aromatic heterocycles. The Kier molecular flexibility index (Phi) is 5.98. The highest BCUT2D eigenvalue weighted by atomic mass is 32.1. The molecule has 15 nitrogen and oxygen atoms in total. The lowest BCUT2D eigenvalue weighted by Gasteiger charge is -2.07. The van der Waals surface area contributed by atoms with Gasteiger partial charge in [0.15, 0.2) is 34.6 Å². The van der Waals surface area contributed by atoms with Crippen LogP contribution in [-0.4, -0.2) is 43.3 Å². The van der Waals surface area contributed by atoms with E-state index in [2.05, 4.69) is 54.4 Å². The Morgan fingerprint density at radius 2 is 1.11 bits per heavy atom. The number of nitrogens with two attached hydrogens (primary N) is 2. The minimum Gasteiger partial charge on any atom is -0.382 e. The number of azo groups is 2. The summed E-state index contributed by atoms with van der Waals surface area (Å²) < 4.78 is 11.1. The third-order valence-corrected chi connectivity index (χ3v) is 6.17. The minimum absolute atomic E-state index is 0.272. The molecule has 0 aromatic carbocycles. The molecule has 0 atom stereocenters. The van der Waals surface area contributed by atoms with Crippen LogP contribution in [0.5, 0.6) is 0 Å². The highest BCUT2D eigenvalue weighted by Crippen LogP contribution is 2.32. The van der Waals surface area contributed by atoms with E-state index in [0.717, 1.165) is 23.1 Å². The second-order valence-electron chi connectivity index (χ2n) is 7.46. The van der Waals surface area contributed by atoms with Crippen molar-refractivity contribution in [3.8, 4) is 11.6 Å². The van der Waals surface area contributed by atoms with Crippen molar-refractivity contribution < 1.29 is 0 Å². The fourth-order valence-corrected chi connectivity index (χ4v) is 4.17. The van der Waals surface area contributed by atoms with E-state index in [1.165, 1.54) is 9.36 Å². The van der Waals surface area contributed by atoms with E-state index in [4.69, 9.17) is 11.5 Å². The zero-order valence-corrected chi connectivity index (χ0v) is 21.2. The number of aromatic nitrogens is 9. The topological polar surface area (TPSA) is 202 Å². The number of hydrogen-bond donors (Lipinski definition) is 2. The van der Waals surface area contributed by atoms with Crippen molar-refractivity contribution >= 4 is 56.3 Å². The van der Waals surface area contributed by atoms with E-state index in [1.54, 1.807) is 45.9 Å². The highest BCUT2D eigenvalue weighted by Gasteiger charge is 2.18. The Labute approximate surface area is 212 Å². The van der Waals surface area contributed by atoms with Gasteiger partial charge in [0.2, 0.25) is 10.3 Å². The van der Waals surface area contributed by atoms with Crippen LogP contribution in [0, 0.1) is 27.7 Å². The number of pyridine rings is 1. The molecule has 0 spiro atoms. The summed E-state index contributed by atoms with van der Waals surface area (Å²) in [4.78, 5) is 13.0. The molecule has 0 radical (unpaired) electrons. The molecule has 0 saturated carbocycles. The molecule has 5 heterocycles. The first-order valence-corrected chi connectivity index (χ1v) is 12.0. The van der Waals surface area contributed by atoms with Gasteiger partial charge in [0, 0.05) is 23.1 Å². The number of rotatable bonds is 6. The van der Waals surface area contributed by atoms with Crippen molar-refractivity contribution in [2.45, 2.75) is 27.7 Å². The quantitative estimate of drug-likeness (QED) is 0.304. The number of nitrogens with zero attached hydrogens (tertiary/aromatic N) is 13. The second kappa shape index (κ2) is 9.27. The molecule has 0 amide bonds. The van der Waals surface area contributed by atoms with Crippen molar-refractivity contribution in [2.75, 3.05) is 11.5 Å². The zero-order valence-electron chi connectivity index (χ0n) is 19.5. The molecule has 5 rings (SSSR count). The zero-order chi connectivity index (χ0) is 25.4. The van der Waals surface area contributed by atoms with Crippen LogP contribution in [-0.2, 0) is 0 Å². The van der Waals surface area contributed by atoms with Crippen molar-refractivity contribution in [2.24, 2.45) is 20.5 Å². The summed E-state index contributed by atoms with van der Waals surface area (Å²) in [5.74, 6) is 2.69. The van der Waals surface area contributed by atoms with Crippen molar-refractivity contribution in [3.05, 3.63) is 41.2 Å². The fraction of sp³-hybridized carbons (Fsp3) is 0.211. The summed E-state index contributed by atoms with van der Waals surface area (Å²) >= 11 is 2.29. The van der Waals surface area contributed by atoms with E-state index in [-0.39, 0.29) is 11.6 Å². The molecule has 0 bridgehead atoms. The van der Waals surface area contributed by atoms with Gasteiger partial charge < -0.3 is 11.5 Å². The van der Waals surface area contributed by atoms with E-state index < -0.39 is 0 Å². The summed E-state index contributed by atoms with van der Waals surface area (Å²) in [5.41, 5.74) is 14.7. The summed E-state index contributed by atoms with van der Waals surface area (Å²) in [5, 5.41) is 26.5. The summed E-state index contributed by atoms with van der Waals surface area (Å²) in [6.07, 6.45) is 0. The highest BCUT2D eigenvalue weighted by molar-refractivity contribution is 7.09. The Bertz CT molecular complexity index is 1500. The monoisotopic (exact) mass is 521 g/mol. The molecular weight excluding hydrogens is 502 g/mol. The molecule has 0 aliphatic heterocycles. The van der Waals surface area contributed by atoms with E-state index in [0.29, 0.717) is 56.3 Å². The predicted octanol–water partition coefficient (Wildman–Crippen LogP) is 4.38. The van der Waals surface area contributed by atoms with Crippen molar-refractivity contribution in [1.29, 1.82) is 0 Å². The third kappa shape index (κ3) is 4.43. The molecule has 0 saturated heterocycles. The molecule has 0 aliphatic rings. The molecule has 36 heavy (non-hydrogen) atoms. The minimum atomic E-state index is 0.272. The van der Waals surface area contributed by atoms with Crippen molar-refractivity contribution in [3.63, 3.8) is 0 Å². The van der Waals surface area contributed by atoms with E-state index in [9.17, 15) is 0 Å². The average molecular weight is 522 g/mol. The Morgan fingerprint density at radius 1 is 0.667 bits per heavy atom. The summed E-state index contributed by atoms with van der Waals surface area (Å²) in [6.45, 7) is 7.12. The van der Waals surface area contributed by atoms with Gasteiger partial charge in [0.25, 0.3) is 0 Å². The van der Waals surface area contributed by atoms with Crippen LogP contribution in [0.3, 0.4) is 0 Å². The van der Waals surface area contributed by atoms with Gasteiger partial charge in [-0.3, -0.25) is 0 Å². The maximum Gasteiger partial charge on any atom is 0.249 e. The first kappa shape index (κ1) is 23.2. The third-order valence-electron chi connectivity index (χ3n) is 4.79. The van der Waals surface area contributed by atoms with E-state index in [1.807, 2.05) is 0 Å². The fourth-order valence-electron chi connectivity index (χ4n) is 3.16. The lowest BCUT2D eigenvalue weighted by Crippen LogP contribution is -2.09. The summed E-state index contributed by atoms with van der Waals surface area (Å²) in [6, 6.07) is 5.31. The van der Waals surface area contributed by atoms with Crippen LogP contribution in [0.1, 0.15) is 23.0 Å². The Morgan fingerprint density at radius 3 is 1.50 bits per heavy atom. The van der Waals surface area contributed by atoms with Crippen LogP contribution in [0.2, 0.25) is 0 Å². The molecule has 5 aromatic rings. The molecule has 17 heteroatoms. The Balaban J connectivity index is 1.46. The molecule has 182 valence electrons. The molecule has 4 N–H and O–H groups in total. The van der Waals surface area contributed by atoms with Gasteiger partial charge in [0.05, 0.1) is 11.4 Å². The van der Waals surface area contributed by atoms with Gasteiger partial charge in [-0.25, -0.2) is 15.0 Å². The van der Waals surface area contributed by atoms with Gasteiger partial charge in [-0.1, -0.05) is 6.07 Å². The number of hydrogen-bond acceptors (Lipinski definition) is 15. The molecule has 0 aliphatic carbocycles. The smallest absolute Gasteiger partial charge is 0.249 e. The summed E-state index contributed by atoms with van der Waals surface area (Å²) in [7, 11) is 0. The maximum absolute atomic E-state index is 6.34. The van der Waals surface area contributed by atoms with Gasteiger partial charge in [-0.2, -0.15) is 28.3 Å². The van der Waals surface area contributed by atoms with Crippen LogP contribution in [0.15, 0.2) is 38.7 Å². The lowest BCUT2D eigenvalue weighted by atomic mass is 10.4. The first-order chi connectivity index (χ1) is 17.3. The molecule has 0 unspecified atom stereocenters. The van der Waals surface area contributed by atoms with Crippen molar-refractivity contribution in [1.82, 2.24) is 43.3 Å². The number of aryl methyl sites for hydroxylation is 4. The predicted molar refractivity (Wildman–Crippen MR) is 134 cm³/mol. The normalized spacial score (nSPS) is 11.9. The first-order valence-electron chi connectivity index (χ1n) is 10.4. The van der Waals surface area contributed by atoms with Gasteiger partial charge in [-0.15, -0.1) is 20.5 Å². The molecular formula is C19H19N15S2. The van der Waals surface area contributed by atoms with Crippen LogP contribution >= 0.6 is 23.1 Å². The second-order valence-corrected chi connectivity index (χ2v) is 8.93. The van der Waals surface area contributed by atoms with E-state index >= 15 is 0 Å². The van der Waals surface area contributed by atoms with Gasteiger partial charge in [-0.05, 0) is 39.8 Å². The van der Waals surface area contributed by atoms with Gasteiger partial charge in [0.1, 0.15) is 11.6 Å². The lowest BCUT2D eigenvalue weighted by molar-refractivity contribution is 0.801. The van der Waals surface area contributed by atoms with Crippen LogP contribution in [0.25, 0.3) is 11.6 Å². The standard InChI is InChI=1S/C19H19N15S2/c1-8-14(25-27-18-22-10(3)31-35-18)16(20)33(29-8)12-6-5-7-13(24-12)34-17(21)15(9(2)30-34)26-28-19-23-11(4)32-36-19/h5-7H,20-21H2,1-4H3. The number of anilines is 2. The maximum atomic E-state index is 6.34. The SMILES string of the molecule is Cc1nsc(N=Nc2c(C)nn(-c3cccc(-n4nc(C)c(N=Nc5nc(C)ns5)c4N)n3)c2N)n1. The average Bonchev–Trinajstić information content (AvgIpc) is 3.60. The largest absolute Gasteiger partial charge is 0.382 e. The number of nitrogen functional groups attached to an aromatic ring is 2. The van der Waals surface area contributed by atoms with Crippen LogP contribution < -0.4 is 11.5 Å².